The zero-order chi connectivity index (χ0) is 18.2. The maximum absolute atomic E-state index is 12.0. The van der Waals surface area contributed by atoms with Crippen molar-refractivity contribution in [2.75, 3.05) is 27.2 Å². The van der Waals surface area contributed by atoms with Crippen LogP contribution < -0.4 is 10.2 Å². The number of aromatic hydroxyl groups is 2. The van der Waals surface area contributed by atoms with E-state index in [-0.39, 0.29) is 17.4 Å². The van der Waals surface area contributed by atoms with Crippen molar-refractivity contribution in [1.82, 2.24) is 10.3 Å². The van der Waals surface area contributed by atoms with Gasteiger partial charge in [-0.2, -0.15) is 5.10 Å². The topological polar surface area (TPSA) is 94.4 Å². The Bertz CT molecular complexity index is 742. The molecule has 0 aliphatic heterocycles. The van der Waals surface area contributed by atoms with Crippen molar-refractivity contribution in [3.63, 3.8) is 0 Å². The molecule has 2 aromatic rings. The van der Waals surface area contributed by atoms with E-state index in [9.17, 15) is 15.0 Å². The molecule has 0 aromatic heterocycles. The smallest absolute Gasteiger partial charge is 0.271 e. The van der Waals surface area contributed by atoms with Crippen LogP contribution in [0.25, 0.3) is 0 Å². The Balaban J connectivity index is 1.87. The van der Waals surface area contributed by atoms with Gasteiger partial charge in [0, 0.05) is 12.1 Å². The lowest BCUT2D eigenvalue weighted by molar-refractivity contribution is 0.0955. The predicted molar refractivity (Wildman–Crippen MR) is 95.3 cm³/mol. The van der Waals surface area contributed by atoms with Gasteiger partial charge in [0.1, 0.15) is 12.4 Å². The summed E-state index contributed by atoms with van der Waals surface area (Å²) in [5, 5.41) is 22.4. The molecule has 1 amide bonds. The molecule has 132 valence electrons. The van der Waals surface area contributed by atoms with Gasteiger partial charge in [0.25, 0.3) is 5.91 Å². The van der Waals surface area contributed by atoms with Crippen LogP contribution >= 0.6 is 0 Å². The Morgan fingerprint density at radius 2 is 1.88 bits per heavy atom. The standard InChI is InChI=1S/C18H21N3O4/c1-21(2)9-10-25-15-6-4-14(5-7-15)18(24)20-19-12-13-3-8-16(22)17(23)11-13/h3-8,11-12,22-23H,9-10H2,1-2H3,(H,20,24)/b19-12+. The first-order valence-corrected chi connectivity index (χ1v) is 7.68. The van der Waals surface area contributed by atoms with Gasteiger partial charge in [-0.3, -0.25) is 4.79 Å². The van der Waals surface area contributed by atoms with E-state index < -0.39 is 0 Å². The molecule has 3 N–H and O–H groups in total. The Morgan fingerprint density at radius 1 is 1.16 bits per heavy atom. The molecule has 0 fully saturated rings. The van der Waals surface area contributed by atoms with E-state index in [0.29, 0.717) is 23.5 Å². The first-order valence-electron chi connectivity index (χ1n) is 7.68. The second-order valence-electron chi connectivity index (χ2n) is 5.62. The first-order chi connectivity index (χ1) is 12.0. The van der Waals surface area contributed by atoms with Crippen LogP contribution in [0.15, 0.2) is 47.6 Å². The Morgan fingerprint density at radius 3 is 2.52 bits per heavy atom. The molecule has 2 aromatic carbocycles. The maximum atomic E-state index is 12.0. The molecule has 0 saturated heterocycles. The minimum atomic E-state index is -0.362. The third-order valence-corrected chi connectivity index (χ3v) is 3.30. The van der Waals surface area contributed by atoms with E-state index in [1.165, 1.54) is 18.3 Å². The summed E-state index contributed by atoms with van der Waals surface area (Å²) in [7, 11) is 3.94. The molecule has 0 saturated carbocycles. The molecule has 0 aliphatic carbocycles. The largest absolute Gasteiger partial charge is 0.504 e. The Labute approximate surface area is 146 Å². The highest BCUT2D eigenvalue weighted by Crippen LogP contribution is 2.23. The number of hydrogen-bond acceptors (Lipinski definition) is 6. The SMILES string of the molecule is CN(C)CCOc1ccc(C(=O)N/N=C/c2ccc(O)c(O)c2)cc1. The number of likely N-dealkylation sites (N-methyl/N-ethyl adjacent to an activating group) is 1. The van der Waals surface area contributed by atoms with Gasteiger partial charge in [0.05, 0.1) is 6.21 Å². The number of ether oxygens (including phenoxy) is 1. The zero-order valence-electron chi connectivity index (χ0n) is 14.1. The quantitative estimate of drug-likeness (QED) is 0.405. The number of amides is 1. The summed E-state index contributed by atoms with van der Waals surface area (Å²) < 4.78 is 5.56. The van der Waals surface area contributed by atoms with Gasteiger partial charge in [0.15, 0.2) is 11.5 Å². The normalized spacial score (nSPS) is 11.0. The Hall–Kier alpha value is -3.06. The summed E-state index contributed by atoms with van der Waals surface area (Å²) in [6, 6.07) is 11.0. The summed E-state index contributed by atoms with van der Waals surface area (Å²) in [4.78, 5) is 14.0. The van der Waals surface area contributed by atoms with Crippen molar-refractivity contribution in [2.45, 2.75) is 0 Å². The van der Waals surface area contributed by atoms with Gasteiger partial charge in [0.2, 0.25) is 0 Å². The molecule has 0 radical (unpaired) electrons. The average molecular weight is 343 g/mol. The van der Waals surface area contributed by atoms with Gasteiger partial charge in [-0.15, -0.1) is 0 Å². The lowest BCUT2D eigenvalue weighted by Crippen LogP contribution is -2.19. The van der Waals surface area contributed by atoms with Crippen molar-refractivity contribution in [3.05, 3.63) is 53.6 Å². The highest BCUT2D eigenvalue weighted by atomic mass is 16.5. The van der Waals surface area contributed by atoms with E-state index in [1.807, 2.05) is 19.0 Å². The summed E-state index contributed by atoms with van der Waals surface area (Å²) in [5.74, 6) is -0.130. The van der Waals surface area contributed by atoms with Crippen molar-refractivity contribution in [1.29, 1.82) is 0 Å². The highest BCUT2D eigenvalue weighted by Gasteiger charge is 2.05. The number of hydrazone groups is 1. The van der Waals surface area contributed by atoms with Crippen molar-refractivity contribution in [2.24, 2.45) is 5.10 Å². The fraction of sp³-hybridized carbons (Fsp3) is 0.222. The average Bonchev–Trinajstić information content (AvgIpc) is 2.58. The third kappa shape index (κ3) is 5.82. The molecule has 25 heavy (non-hydrogen) atoms. The van der Waals surface area contributed by atoms with Crippen LogP contribution in [-0.2, 0) is 0 Å². The monoisotopic (exact) mass is 343 g/mol. The number of carbonyl (C=O) groups excluding carboxylic acids is 1. The molecule has 0 aliphatic rings. The number of rotatable bonds is 7. The van der Waals surface area contributed by atoms with Crippen LogP contribution in [0, 0.1) is 0 Å². The molecule has 0 heterocycles. The van der Waals surface area contributed by atoms with Crippen molar-refractivity contribution in [3.8, 4) is 17.2 Å². The molecular formula is C18H21N3O4. The Kier molecular flexibility index (Phi) is 6.36. The molecule has 0 spiro atoms. The minimum absolute atomic E-state index is 0.214. The minimum Gasteiger partial charge on any atom is -0.504 e. The van der Waals surface area contributed by atoms with Gasteiger partial charge >= 0.3 is 0 Å². The number of nitrogens with one attached hydrogen (secondary N) is 1. The van der Waals surface area contributed by atoms with Gasteiger partial charge in [-0.1, -0.05) is 0 Å². The van der Waals surface area contributed by atoms with Crippen LogP contribution in [0.1, 0.15) is 15.9 Å². The van der Waals surface area contributed by atoms with Crippen LogP contribution in [0.3, 0.4) is 0 Å². The number of nitrogens with zero attached hydrogens (tertiary/aromatic N) is 2. The van der Waals surface area contributed by atoms with Crippen molar-refractivity contribution >= 4 is 12.1 Å². The van der Waals surface area contributed by atoms with Gasteiger partial charge in [-0.25, -0.2) is 5.43 Å². The van der Waals surface area contributed by atoms with Gasteiger partial charge in [-0.05, 0) is 62.1 Å². The number of benzene rings is 2. The van der Waals surface area contributed by atoms with E-state index in [4.69, 9.17) is 4.74 Å². The molecule has 2 rings (SSSR count). The maximum Gasteiger partial charge on any atom is 0.271 e. The summed E-state index contributed by atoms with van der Waals surface area (Å²) in [6.45, 7) is 1.38. The van der Waals surface area contributed by atoms with E-state index in [2.05, 4.69) is 10.5 Å². The summed E-state index contributed by atoms with van der Waals surface area (Å²) in [5.41, 5.74) is 3.39. The van der Waals surface area contributed by atoms with Gasteiger partial charge < -0.3 is 19.8 Å². The molecular weight excluding hydrogens is 322 g/mol. The molecule has 7 nitrogen and oxygen atoms in total. The molecule has 0 atom stereocenters. The van der Waals surface area contributed by atoms with Crippen LogP contribution in [0.2, 0.25) is 0 Å². The predicted octanol–water partition coefficient (Wildman–Crippen LogP) is 1.80. The fourth-order valence-corrected chi connectivity index (χ4v) is 1.90. The van der Waals surface area contributed by atoms with Crippen LogP contribution in [-0.4, -0.2) is 54.5 Å². The van der Waals surface area contributed by atoms with E-state index in [1.54, 1.807) is 30.3 Å². The number of phenolic OH excluding ortho intramolecular Hbond substituents is 2. The molecule has 7 heteroatoms. The molecule has 0 bridgehead atoms. The second kappa shape index (κ2) is 8.70. The summed E-state index contributed by atoms with van der Waals surface area (Å²) >= 11 is 0. The lowest BCUT2D eigenvalue weighted by atomic mass is 10.2. The van der Waals surface area contributed by atoms with Crippen molar-refractivity contribution < 1.29 is 19.7 Å². The number of hydrogen-bond donors (Lipinski definition) is 3. The van der Waals surface area contributed by atoms with Crippen LogP contribution in [0.4, 0.5) is 0 Å². The zero-order valence-corrected chi connectivity index (χ0v) is 14.1. The van der Waals surface area contributed by atoms with Crippen LogP contribution in [0.5, 0.6) is 17.2 Å². The number of carbonyl (C=O) groups is 1. The lowest BCUT2D eigenvalue weighted by Gasteiger charge is -2.11. The summed E-state index contributed by atoms with van der Waals surface area (Å²) in [6.07, 6.45) is 1.37. The first kappa shape index (κ1) is 18.3. The second-order valence-corrected chi connectivity index (χ2v) is 5.62. The molecule has 0 unspecified atom stereocenters. The van der Waals surface area contributed by atoms with E-state index in [0.717, 1.165) is 6.54 Å². The van der Waals surface area contributed by atoms with E-state index >= 15 is 0 Å². The highest BCUT2D eigenvalue weighted by molar-refractivity contribution is 5.95. The third-order valence-electron chi connectivity index (χ3n) is 3.30. The number of phenols is 2. The fourth-order valence-electron chi connectivity index (χ4n) is 1.90.